The molecule has 1 atom stereocenters. The topological polar surface area (TPSA) is 61.8 Å². The summed E-state index contributed by atoms with van der Waals surface area (Å²) in [6, 6.07) is 0. The average Bonchev–Trinajstić information content (AvgIpc) is 2.28. The zero-order chi connectivity index (χ0) is 12.6. The fourth-order valence-corrected chi connectivity index (χ4v) is 0.908. The van der Waals surface area contributed by atoms with E-state index in [0.717, 1.165) is 6.26 Å². The zero-order valence-electron chi connectivity index (χ0n) is 10.1. The molecule has 0 aliphatic carbocycles. The minimum absolute atomic E-state index is 0.127. The lowest BCUT2D eigenvalue weighted by Crippen LogP contribution is -2.26. The van der Waals surface area contributed by atoms with Crippen LogP contribution in [0.25, 0.3) is 0 Å². The Kier molecular flexibility index (Phi) is 7.20. The Bertz CT molecular complexity index is 270. The molecule has 0 radical (unpaired) electrons. The van der Waals surface area contributed by atoms with Crippen LogP contribution in [0.1, 0.15) is 20.8 Å². The van der Waals surface area contributed by atoms with E-state index >= 15 is 0 Å². The standard InChI is InChI=1S/C11H18O5/c1-5-15-7-9(11(13)16-6-2)10(12)8(3)14-4/h7-8H,5-6H2,1-4H3/b9-7-. The first-order chi connectivity index (χ1) is 7.58. The molecule has 0 heterocycles. The van der Waals surface area contributed by atoms with Crippen LogP contribution < -0.4 is 0 Å². The predicted octanol–water partition coefficient (Wildman–Crippen LogP) is 1.07. The molecule has 5 heteroatoms. The number of carbonyl (C=O) groups excluding carboxylic acids is 2. The number of ketones is 1. The van der Waals surface area contributed by atoms with E-state index in [0.29, 0.717) is 6.61 Å². The van der Waals surface area contributed by atoms with Gasteiger partial charge in [-0.1, -0.05) is 0 Å². The van der Waals surface area contributed by atoms with Crippen molar-refractivity contribution in [2.24, 2.45) is 0 Å². The van der Waals surface area contributed by atoms with Gasteiger partial charge in [-0.05, 0) is 20.8 Å². The molecule has 1 unspecified atom stereocenters. The maximum absolute atomic E-state index is 11.7. The van der Waals surface area contributed by atoms with Crippen LogP contribution in [0.15, 0.2) is 11.8 Å². The lowest BCUT2D eigenvalue weighted by atomic mass is 10.1. The minimum Gasteiger partial charge on any atom is -0.500 e. The summed E-state index contributed by atoms with van der Waals surface area (Å²) >= 11 is 0. The van der Waals surface area contributed by atoms with Crippen LogP contribution in [0.3, 0.4) is 0 Å². The summed E-state index contributed by atoms with van der Waals surface area (Å²) in [7, 11) is 1.39. The van der Waals surface area contributed by atoms with Crippen LogP contribution in [-0.2, 0) is 23.8 Å². The summed E-state index contributed by atoms with van der Waals surface area (Å²) in [5.74, 6) is -1.14. The summed E-state index contributed by atoms with van der Waals surface area (Å²) in [6.07, 6.45) is 0.423. The van der Waals surface area contributed by atoms with Crippen molar-refractivity contribution in [3.05, 3.63) is 11.8 Å². The SMILES string of the molecule is CCO/C=C(\C(=O)OCC)C(=O)C(C)OC. The Balaban J connectivity index is 4.80. The number of ether oxygens (including phenoxy) is 3. The zero-order valence-corrected chi connectivity index (χ0v) is 10.1. The lowest BCUT2D eigenvalue weighted by Gasteiger charge is -2.10. The predicted molar refractivity (Wildman–Crippen MR) is 57.8 cm³/mol. The Morgan fingerprint density at radius 3 is 2.31 bits per heavy atom. The Hall–Kier alpha value is -1.36. The van der Waals surface area contributed by atoms with Gasteiger partial charge in [0, 0.05) is 7.11 Å². The van der Waals surface area contributed by atoms with Gasteiger partial charge < -0.3 is 14.2 Å². The van der Waals surface area contributed by atoms with Gasteiger partial charge in [-0.25, -0.2) is 4.79 Å². The number of rotatable bonds is 7. The summed E-state index contributed by atoms with van der Waals surface area (Å²) in [5.41, 5.74) is -0.127. The van der Waals surface area contributed by atoms with Gasteiger partial charge in [-0.15, -0.1) is 0 Å². The molecule has 0 aromatic rings. The molecule has 0 spiro atoms. The number of Topliss-reactive ketones (excluding diaryl/α,β-unsaturated/α-hetero) is 1. The molecule has 0 aliphatic rings. The van der Waals surface area contributed by atoms with E-state index in [1.165, 1.54) is 7.11 Å². The van der Waals surface area contributed by atoms with Crippen molar-refractivity contribution in [2.75, 3.05) is 20.3 Å². The van der Waals surface area contributed by atoms with Crippen molar-refractivity contribution < 1.29 is 23.8 Å². The Morgan fingerprint density at radius 1 is 1.25 bits per heavy atom. The first kappa shape index (κ1) is 14.6. The van der Waals surface area contributed by atoms with Crippen molar-refractivity contribution in [1.29, 1.82) is 0 Å². The molecule has 0 rings (SSSR count). The van der Waals surface area contributed by atoms with E-state index in [1.54, 1.807) is 20.8 Å². The maximum Gasteiger partial charge on any atom is 0.345 e. The number of methoxy groups -OCH3 is 1. The van der Waals surface area contributed by atoms with E-state index < -0.39 is 17.9 Å². The first-order valence-electron chi connectivity index (χ1n) is 5.14. The molecule has 0 N–H and O–H groups in total. The number of carbonyl (C=O) groups is 2. The van der Waals surface area contributed by atoms with Gasteiger partial charge in [0.1, 0.15) is 17.9 Å². The summed E-state index contributed by atoms with van der Waals surface area (Å²) in [6.45, 7) is 5.56. The van der Waals surface area contributed by atoms with Gasteiger partial charge in [0.15, 0.2) is 0 Å². The van der Waals surface area contributed by atoms with Crippen LogP contribution in [0, 0.1) is 0 Å². The Labute approximate surface area is 95.4 Å². The molecule has 16 heavy (non-hydrogen) atoms. The van der Waals surface area contributed by atoms with Crippen molar-refractivity contribution in [3.8, 4) is 0 Å². The molecular weight excluding hydrogens is 212 g/mol. The van der Waals surface area contributed by atoms with Gasteiger partial charge in [0.25, 0.3) is 0 Å². The van der Waals surface area contributed by atoms with Crippen LogP contribution in [0.2, 0.25) is 0 Å². The lowest BCUT2D eigenvalue weighted by molar-refractivity contribution is -0.141. The van der Waals surface area contributed by atoms with Gasteiger partial charge >= 0.3 is 5.97 Å². The third-order valence-electron chi connectivity index (χ3n) is 1.85. The highest BCUT2D eigenvalue weighted by Crippen LogP contribution is 2.06. The van der Waals surface area contributed by atoms with Gasteiger partial charge in [0.2, 0.25) is 5.78 Å². The minimum atomic E-state index is -0.698. The average molecular weight is 230 g/mol. The van der Waals surface area contributed by atoms with Crippen molar-refractivity contribution in [2.45, 2.75) is 26.9 Å². The normalized spacial score (nSPS) is 13.1. The summed E-state index contributed by atoms with van der Waals surface area (Å²) < 4.78 is 14.5. The van der Waals surface area contributed by atoms with Gasteiger partial charge in [-0.3, -0.25) is 4.79 Å². The van der Waals surface area contributed by atoms with E-state index in [1.807, 2.05) is 0 Å². The number of esters is 1. The quantitative estimate of drug-likeness (QED) is 0.215. The molecule has 92 valence electrons. The molecule has 0 saturated carbocycles. The van der Waals surface area contributed by atoms with Crippen LogP contribution >= 0.6 is 0 Å². The molecule has 0 aromatic heterocycles. The van der Waals surface area contributed by atoms with Crippen molar-refractivity contribution in [3.63, 3.8) is 0 Å². The van der Waals surface area contributed by atoms with E-state index in [4.69, 9.17) is 14.2 Å². The molecule has 5 nitrogen and oxygen atoms in total. The summed E-state index contributed by atoms with van der Waals surface area (Å²) in [4.78, 5) is 23.2. The molecule has 0 fully saturated rings. The molecule has 0 saturated heterocycles. The highest BCUT2D eigenvalue weighted by Gasteiger charge is 2.25. The van der Waals surface area contributed by atoms with Crippen LogP contribution in [0.4, 0.5) is 0 Å². The molecule has 0 aromatic carbocycles. The van der Waals surface area contributed by atoms with E-state index in [2.05, 4.69) is 0 Å². The van der Waals surface area contributed by atoms with Gasteiger partial charge in [-0.2, -0.15) is 0 Å². The molecule has 0 amide bonds. The van der Waals surface area contributed by atoms with Crippen molar-refractivity contribution >= 4 is 11.8 Å². The number of hydrogen-bond donors (Lipinski definition) is 0. The van der Waals surface area contributed by atoms with Crippen LogP contribution in [-0.4, -0.2) is 38.2 Å². The largest absolute Gasteiger partial charge is 0.500 e. The first-order valence-corrected chi connectivity index (χ1v) is 5.14. The second-order valence-corrected chi connectivity index (χ2v) is 2.95. The highest BCUT2D eigenvalue weighted by molar-refractivity contribution is 6.18. The third kappa shape index (κ3) is 4.44. The fourth-order valence-electron chi connectivity index (χ4n) is 0.908. The van der Waals surface area contributed by atoms with Crippen LogP contribution in [0.5, 0.6) is 0 Å². The van der Waals surface area contributed by atoms with E-state index in [9.17, 15) is 9.59 Å². The summed E-state index contributed by atoms with van der Waals surface area (Å²) in [5, 5.41) is 0. The molecular formula is C11H18O5. The molecule has 0 bridgehead atoms. The highest BCUT2D eigenvalue weighted by atomic mass is 16.5. The number of hydrogen-bond acceptors (Lipinski definition) is 5. The third-order valence-corrected chi connectivity index (χ3v) is 1.85. The maximum atomic E-state index is 11.7. The fraction of sp³-hybridized carbons (Fsp3) is 0.636. The second-order valence-electron chi connectivity index (χ2n) is 2.95. The monoisotopic (exact) mass is 230 g/mol. The second kappa shape index (κ2) is 7.87. The van der Waals surface area contributed by atoms with Gasteiger partial charge in [0.05, 0.1) is 13.2 Å². The van der Waals surface area contributed by atoms with Crippen molar-refractivity contribution in [1.82, 2.24) is 0 Å². The smallest absolute Gasteiger partial charge is 0.345 e. The van der Waals surface area contributed by atoms with E-state index in [-0.39, 0.29) is 12.2 Å². The Morgan fingerprint density at radius 2 is 1.88 bits per heavy atom. The molecule has 0 aliphatic heterocycles.